The normalized spacial score (nSPS) is 14.7. The van der Waals surface area contributed by atoms with Crippen molar-refractivity contribution in [1.29, 1.82) is 0 Å². The quantitative estimate of drug-likeness (QED) is 0.563. The lowest BCUT2D eigenvalue weighted by molar-refractivity contribution is -0.116. The Morgan fingerprint density at radius 1 is 1.10 bits per heavy atom. The van der Waals surface area contributed by atoms with Gasteiger partial charge in [-0.05, 0) is 50.1 Å². The molecule has 0 aliphatic carbocycles. The number of nitrogens with zero attached hydrogens (tertiary/aromatic N) is 4. The topological polar surface area (TPSA) is 114 Å². The lowest BCUT2D eigenvalue weighted by atomic mass is 10.1. The molecule has 1 aliphatic heterocycles. The molecule has 1 saturated heterocycles. The van der Waals surface area contributed by atoms with Crippen LogP contribution in [0.2, 0.25) is 0 Å². The lowest BCUT2D eigenvalue weighted by Gasteiger charge is -2.15. The van der Waals surface area contributed by atoms with E-state index in [-0.39, 0.29) is 29.6 Å². The summed E-state index contributed by atoms with van der Waals surface area (Å²) in [7, 11) is -3.52. The number of carbonyl (C=O) groups excluding carboxylic acids is 2. The molecule has 1 aromatic heterocycles. The van der Waals surface area contributed by atoms with Crippen LogP contribution in [-0.4, -0.2) is 52.5 Å². The highest BCUT2D eigenvalue weighted by Gasteiger charge is 2.27. The average molecular weight is 442 g/mol. The van der Waals surface area contributed by atoms with Crippen LogP contribution >= 0.6 is 0 Å². The SMILES string of the molecule is CC(=O)c1cccc(NC(=O)CCn2nnc3cc(S(=O)(=O)N4CCCC4)ccc32)c1. The molecule has 1 N–H and O–H groups in total. The van der Waals surface area contributed by atoms with Crippen LogP contribution in [-0.2, 0) is 21.4 Å². The Hall–Kier alpha value is -3.11. The van der Waals surface area contributed by atoms with Crippen molar-refractivity contribution < 1.29 is 18.0 Å². The first-order chi connectivity index (χ1) is 14.8. The Labute approximate surface area is 180 Å². The first kappa shape index (κ1) is 21.1. The molecule has 0 radical (unpaired) electrons. The number of hydrogen-bond donors (Lipinski definition) is 1. The Balaban J connectivity index is 1.44. The molecule has 0 spiro atoms. The molecule has 1 fully saturated rings. The maximum atomic E-state index is 12.7. The van der Waals surface area contributed by atoms with Crippen LogP contribution in [0.1, 0.15) is 36.5 Å². The van der Waals surface area contributed by atoms with Crippen molar-refractivity contribution in [3.8, 4) is 0 Å². The third-order valence-corrected chi connectivity index (χ3v) is 7.19. The molecule has 31 heavy (non-hydrogen) atoms. The summed E-state index contributed by atoms with van der Waals surface area (Å²) in [5, 5.41) is 10.9. The number of fused-ring (bicyclic) bond motifs is 1. The van der Waals surface area contributed by atoms with Gasteiger partial charge in [-0.2, -0.15) is 4.31 Å². The number of sulfonamides is 1. The molecule has 0 saturated carbocycles. The van der Waals surface area contributed by atoms with Gasteiger partial charge >= 0.3 is 0 Å². The number of aryl methyl sites for hydroxylation is 1. The number of anilines is 1. The minimum Gasteiger partial charge on any atom is -0.326 e. The molecule has 3 aromatic rings. The number of aromatic nitrogens is 3. The van der Waals surface area contributed by atoms with Gasteiger partial charge in [0.15, 0.2) is 5.78 Å². The fourth-order valence-corrected chi connectivity index (χ4v) is 5.14. The van der Waals surface area contributed by atoms with Crippen LogP contribution in [0.3, 0.4) is 0 Å². The standard InChI is InChI=1S/C21H23N5O4S/c1-15(27)16-5-4-6-17(13-16)22-21(28)9-12-26-20-8-7-18(14-19(20)23-24-26)31(29,30)25-10-2-3-11-25/h4-8,13-14H,2-3,9-12H2,1H3,(H,22,28). The highest BCUT2D eigenvalue weighted by molar-refractivity contribution is 7.89. The van der Waals surface area contributed by atoms with Gasteiger partial charge in [-0.1, -0.05) is 17.3 Å². The van der Waals surface area contributed by atoms with Gasteiger partial charge in [-0.15, -0.1) is 5.10 Å². The van der Waals surface area contributed by atoms with E-state index < -0.39 is 10.0 Å². The molecular weight excluding hydrogens is 418 g/mol. The summed E-state index contributed by atoms with van der Waals surface area (Å²) in [6, 6.07) is 11.5. The first-order valence-electron chi connectivity index (χ1n) is 10.1. The van der Waals surface area contributed by atoms with Gasteiger partial charge in [0.1, 0.15) is 5.52 Å². The van der Waals surface area contributed by atoms with Crippen molar-refractivity contribution >= 4 is 38.4 Å². The summed E-state index contributed by atoms with van der Waals surface area (Å²) in [5.74, 6) is -0.297. The third kappa shape index (κ3) is 4.49. The van der Waals surface area contributed by atoms with Gasteiger partial charge in [0.25, 0.3) is 0 Å². The van der Waals surface area contributed by atoms with E-state index in [0.717, 1.165) is 12.8 Å². The molecule has 4 rings (SSSR count). The van der Waals surface area contributed by atoms with E-state index in [1.807, 2.05) is 0 Å². The summed E-state index contributed by atoms with van der Waals surface area (Å²) < 4.78 is 28.5. The second-order valence-electron chi connectivity index (χ2n) is 7.51. The zero-order valence-electron chi connectivity index (χ0n) is 17.1. The number of rotatable bonds is 7. The van der Waals surface area contributed by atoms with E-state index in [1.165, 1.54) is 17.3 Å². The molecule has 10 heteroatoms. The maximum Gasteiger partial charge on any atom is 0.243 e. The molecule has 0 bridgehead atoms. The minimum atomic E-state index is -3.52. The van der Waals surface area contributed by atoms with Gasteiger partial charge < -0.3 is 5.32 Å². The molecular formula is C21H23N5O4S. The summed E-state index contributed by atoms with van der Waals surface area (Å²) >= 11 is 0. The van der Waals surface area contributed by atoms with Crippen molar-refractivity contribution in [3.63, 3.8) is 0 Å². The molecule has 2 heterocycles. The number of carbonyl (C=O) groups is 2. The average Bonchev–Trinajstić information content (AvgIpc) is 3.42. The number of hydrogen-bond acceptors (Lipinski definition) is 6. The first-order valence-corrected chi connectivity index (χ1v) is 11.5. The third-order valence-electron chi connectivity index (χ3n) is 5.29. The monoisotopic (exact) mass is 441 g/mol. The van der Waals surface area contributed by atoms with Crippen LogP contribution in [0.25, 0.3) is 11.0 Å². The molecule has 9 nitrogen and oxygen atoms in total. The molecule has 0 atom stereocenters. The van der Waals surface area contributed by atoms with Gasteiger partial charge in [0.05, 0.1) is 17.0 Å². The van der Waals surface area contributed by atoms with Crippen LogP contribution < -0.4 is 5.32 Å². The Bertz CT molecular complexity index is 1250. The summed E-state index contributed by atoms with van der Waals surface area (Å²) in [5.41, 5.74) is 2.21. The van der Waals surface area contributed by atoms with Crippen molar-refractivity contribution in [2.45, 2.75) is 37.6 Å². The predicted octanol–water partition coefficient (Wildman–Crippen LogP) is 2.45. The highest BCUT2D eigenvalue weighted by Crippen LogP contribution is 2.23. The zero-order chi connectivity index (χ0) is 22.0. The number of amides is 1. The van der Waals surface area contributed by atoms with Gasteiger partial charge in [-0.3, -0.25) is 9.59 Å². The van der Waals surface area contributed by atoms with Crippen molar-refractivity contribution in [3.05, 3.63) is 48.0 Å². The van der Waals surface area contributed by atoms with E-state index in [1.54, 1.807) is 41.1 Å². The Kier molecular flexibility index (Phi) is 5.84. The largest absolute Gasteiger partial charge is 0.326 e. The predicted molar refractivity (Wildman–Crippen MR) is 115 cm³/mol. The maximum absolute atomic E-state index is 12.7. The fourth-order valence-electron chi connectivity index (χ4n) is 3.60. The van der Waals surface area contributed by atoms with Gasteiger partial charge in [0.2, 0.25) is 15.9 Å². The van der Waals surface area contributed by atoms with E-state index >= 15 is 0 Å². The lowest BCUT2D eigenvalue weighted by Crippen LogP contribution is -2.27. The van der Waals surface area contributed by atoms with Crippen LogP contribution in [0.5, 0.6) is 0 Å². The van der Waals surface area contributed by atoms with E-state index in [9.17, 15) is 18.0 Å². The molecule has 1 aliphatic rings. The van der Waals surface area contributed by atoms with Crippen molar-refractivity contribution in [2.24, 2.45) is 0 Å². The summed E-state index contributed by atoms with van der Waals surface area (Å²) in [6.45, 7) is 2.83. The Morgan fingerprint density at radius 3 is 2.61 bits per heavy atom. The van der Waals surface area contributed by atoms with Crippen molar-refractivity contribution in [1.82, 2.24) is 19.3 Å². The second kappa shape index (κ2) is 8.56. The van der Waals surface area contributed by atoms with Gasteiger partial charge in [0, 0.05) is 30.8 Å². The minimum absolute atomic E-state index is 0.0729. The van der Waals surface area contributed by atoms with E-state index in [0.29, 0.717) is 35.4 Å². The summed E-state index contributed by atoms with van der Waals surface area (Å²) in [6.07, 6.45) is 1.90. The zero-order valence-corrected chi connectivity index (χ0v) is 17.9. The fraction of sp³-hybridized carbons (Fsp3) is 0.333. The second-order valence-corrected chi connectivity index (χ2v) is 9.45. The van der Waals surface area contributed by atoms with Crippen LogP contribution in [0, 0.1) is 0 Å². The van der Waals surface area contributed by atoms with E-state index in [2.05, 4.69) is 15.6 Å². The number of nitrogens with one attached hydrogen (secondary N) is 1. The van der Waals surface area contributed by atoms with Crippen LogP contribution in [0.15, 0.2) is 47.4 Å². The molecule has 0 unspecified atom stereocenters. The number of benzene rings is 2. The molecule has 1 amide bonds. The molecule has 2 aromatic carbocycles. The van der Waals surface area contributed by atoms with Gasteiger partial charge in [-0.25, -0.2) is 13.1 Å². The van der Waals surface area contributed by atoms with Crippen molar-refractivity contribution in [2.75, 3.05) is 18.4 Å². The smallest absolute Gasteiger partial charge is 0.243 e. The number of ketones is 1. The number of Topliss-reactive ketones (excluding diaryl/α,β-unsaturated/α-hetero) is 1. The summed E-state index contributed by atoms with van der Waals surface area (Å²) in [4.78, 5) is 24.0. The molecule has 162 valence electrons. The van der Waals surface area contributed by atoms with E-state index in [4.69, 9.17) is 0 Å². The Morgan fingerprint density at radius 2 is 1.87 bits per heavy atom. The van der Waals surface area contributed by atoms with Crippen LogP contribution in [0.4, 0.5) is 5.69 Å². The highest BCUT2D eigenvalue weighted by atomic mass is 32.2.